The summed E-state index contributed by atoms with van der Waals surface area (Å²) in [5, 5.41) is 82.7. The smallest absolute Gasteiger partial charge is 2.00 e. The van der Waals surface area contributed by atoms with E-state index in [4.69, 9.17) is 20.6 Å². The van der Waals surface area contributed by atoms with Crippen molar-refractivity contribution in [3.8, 4) is 6.07 Å². The maximum atomic E-state index is 10.1. The molecule has 0 N–H and O–H groups in total. The van der Waals surface area contributed by atoms with Crippen LogP contribution >= 0.6 is 0 Å². The molecule has 0 fully saturated rings. The number of carboxylic acids is 4. The van der Waals surface area contributed by atoms with Crippen molar-refractivity contribution in [2.45, 2.75) is 6.92 Å². The van der Waals surface area contributed by atoms with Gasteiger partial charge in [0.15, 0.2) is 0 Å². The Bertz CT molecular complexity index is 1570. The van der Waals surface area contributed by atoms with Crippen molar-refractivity contribution in [3.05, 3.63) is 159 Å². The number of rotatable bonds is 14. The van der Waals surface area contributed by atoms with E-state index in [0.717, 1.165) is 26.2 Å². The largest absolute Gasteiger partial charge is 5.00 e. The van der Waals surface area contributed by atoms with Crippen LogP contribution in [0.5, 0.6) is 0 Å². The van der Waals surface area contributed by atoms with Gasteiger partial charge in [0.05, 0.1) is 35.0 Å². The molecular formula is C44H57Fe2GdN6O14+4. The van der Waals surface area contributed by atoms with Gasteiger partial charge in [-0.25, -0.2) is 0 Å². The van der Waals surface area contributed by atoms with Gasteiger partial charge in [-0.1, -0.05) is 121 Å². The summed E-state index contributed by atoms with van der Waals surface area (Å²) < 4.78 is 0. The zero-order chi connectivity index (χ0) is 49.0. The summed E-state index contributed by atoms with van der Waals surface area (Å²) in [6.45, 7) is 6.77. The first-order valence-electron chi connectivity index (χ1n) is 18.7. The first-order valence-corrected chi connectivity index (χ1v) is 18.7. The van der Waals surface area contributed by atoms with Crippen LogP contribution in [0.4, 0.5) is 0 Å². The van der Waals surface area contributed by atoms with Crippen molar-refractivity contribution >= 4 is 23.9 Å². The van der Waals surface area contributed by atoms with Gasteiger partial charge in [0.1, 0.15) is 0 Å². The number of carbonyl (C=O) groups is 4. The molecule has 0 aromatic heterocycles. The molecule has 3 radical (unpaired) electrons. The van der Waals surface area contributed by atoms with Gasteiger partial charge in [0.25, 0.3) is 0 Å². The predicted molar refractivity (Wildman–Crippen MR) is 227 cm³/mol. The number of nitriles is 1. The zero-order valence-corrected chi connectivity index (χ0v) is 42.6. The zero-order valence-electron chi connectivity index (χ0n) is 38.2. The van der Waals surface area contributed by atoms with E-state index < -0.39 is 29.0 Å². The average molecular weight is 1160 g/mol. The van der Waals surface area contributed by atoms with Gasteiger partial charge in [-0.2, -0.15) is 5.26 Å². The minimum absolute atomic E-state index is 0. The van der Waals surface area contributed by atoms with E-state index in [1.54, 1.807) is 78.9 Å². The number of hydrogen-bond donors (Lipinski definition) is 0. The van der Waals surface area contributed by atoms with Crippen LogP contribution < -0.4 is 30.6 Å². The summed E-state index contributed by atoms with van der Waals surface area (Å²) in [6.07, 6.45) is 0. The maximum absolute atomic E-state index is 10.1. The van der Waals surface area contributed by atoms with E-state index in [0.29, 0.717) is 13.1 Å². The Morgan fingerprint density at radius 1 is 0.478 bits per heavy atom. The van der Waals surface area contributed by atoms with Crippen LogP contribution in [-0.2, 0) is 39.6 Å². The molecule has 67 heavy (non-hydrogen) atoms. The van der Waals surface area contributed by atoms with Crippen LogP contribution in [0.2, 0.25) is 0 Å². The number of carbonyl (C=O) groups excluding carboxylic acids is 4. The number of aromatic carboxylic acids is 4. The quantitative estimate of drug-likeness (QED) is 0.0752. The summed E-state index contributed by atoms with van der Waals surface area (Å²) in [4.78, 5) is 56.9. The van der Waals surface area contributed by atoms with Gasteiger partial charge in [0, 0.05) is 33.1 Å². The molecule has 0 amide bonds. The Labute approximate surface area is 446 Å². The van der Waals surface area contributed by atoms with E-state index in [1.807, 2.05) is 52.1 Å². The van der Waals surface area contributed by atoms with Gasteiger partial charge in [-0.15, -0.1) is 13.2 Å². The van der Waals surface area contributed by atoms with Crippen molar-refractivity contribution in [1.29, 1.82) is 5.26 Å². The normalized spacial score (nSPS) is 8.66. The Hall–Kier alpha value is -4.47. The van der Waals surface area contributed by atoms with E-state index in [9.17, 15) is 49.8 Å². The molecule has 4 rings (SSSR count). The predicted octanol–water partition coefficient (Wildman–Crippen LogP) is -1.95. The van der Waals surface area contributed by atoms with Crippen molar-refractivity contribution in [2.75, 3.05) is 94.8 Å². The fraction of sp³-hybridized carbons (Fsp3) is 0.341. The monoisotopic (exact) mass is 1160 g/mol. The molecule has 0 unspecified atom stereocenters. The second kappa shape index (κ2) is 55.9. The number of hydrogen-bond acceptors (Lipinski definition) is 18. The molecule has 0 atom stereocenters. The molecule has 0 bridgehead atoms. The van der Waals surface area contributed by atoms with Gasteiger partial charge >= 0.3 is 74.1 Å². The van der Waals surface area contributed by atoms with Gasteiger partial charge < -0.3 is 90.2 Å². The van der Waals surface area contributed by atoms with Crippen molar-refractivity contribution < 1.29 is 134 Å². The number of carboxylic acid groups (broad SMARTS) is 4. The number of benzene rings is 4. The molecular weight excluding hydrogens is 1110 g/mol. The van der Waals surface area contributed by atoms with Gasteiger partial charge in [0.2, 0.25) is 0 Å². The topological polar surface area (TPSA) is 338 Å². The summed E-state index contributed by atoms with van der Waals surface area (Å²) in [6, 6.07) is 34.0. The Balaban J connectivity index is -0.0000000998. The molecule has 20 nitrogen and oxygen atoms in total. The third-order valence-corrected chi connectivity index (χ3v) is 6.84. The van der Waals surface area contributed by atoms with E-state index in [1.165, 1.54) is 55.5 Å². The van der Waals surface area contributed by atoms with Crippen molar-refractivity contribution in [3.63, 3.8) is 0 Å². The standard InChI is InChI=1S/2C7H17N2O.4C7H6O2.C2H3N.2Fe.Gd.NO3.O/c2*1-8(2)4-5-9(3)6-7-10;4*8-7(9)6-4-2-1-3-5-6;1-2-3;;;;2-1(3)4;/h2*4-7H2,1-3H3;4*1-5H,(H,8,9);1H3;;;;;/q2*-1;;;;;;2*+5;+3;-1;-2/p-4. The molecule has 4 aromatic carbocycles. The maximum Gasteiger partial charge on any atom is 5.00 e. The minimum atomic E-state index is -1.75. The molecule has 0 heterocycles. The van der Waals surface area contributed by atoms with E-state index >= 15 is 0 Å². The molecule has 0 aliphatic rings. The van der Waals surface area contributed by atoms with Crippen LogP contribution in [0.1, 0.15) is 48.4 Å². The molecule has 4 aromatic rings. The second-order valence-electron chi connectivity index (χ2n) is 12.7. The molecule has 0 saturated heterocycles. The molecule has 0 aliphatic carbocycles. The fourth-order valence-electron chi connectivity index (χ4n) is 3.57. The van der Waals surface area contributed by atoms with Gasteiger partial charge in [-0.3, -0.25) is 0 Å². The Kier molecular flexibility index (Phi) is 66.4. The van der Waals surface area contributed by atoms with E-state index in [2.05, 4.69) is 9.80 Å². The Morgan fingerprint density at radius 3 is 0.746 bits per heavy atom. The average Bonchev–Trinajstić information content (AvgIpc) is 3.25. The van der Waals surface area contributed by atoms with Gasteiger partial charge in [-0.05, 0) is 77.6 Å². The third kappa shape index (κ3) is 61.5. The van der Waals surface area contributed by atoms with Crippen LogP contribution in [0.25, 0.3) is 0 Å². The van der Waals surface area contributed by atoms with Crippen molar-refractivity contribution in [1.82, 2.24) is 19.6 Å². The first-order chi connectivity index (χ1) is 29.7. The number of nitrogens with zero attached hydrogens (tertiary/aromatic N) is 6. The summed E-state index contributed by atoms with van der Waals surface area (Å²) in [5.74, 6) is -4.52. The van der Waals surface area contributed by atoms with Crippen LogP contribution in [0.3, 0.4) is 0 Å². The minimum Gasteiger partial charge on any atom is -2.00 e. The third-order valence-electron chi connectivity index (χ3n) is 6.84. The van der Waals surface area contributed by atoms with Crippen LogP contribution in [0.15, 0.2) is 121 Å². The van der Waals surface area contributed by atoms with E-state index in [-0.39, 0.29) is 115 Å². The molecule has 367 valence electrons. The van der Waals surface area contributed by atoms with Crippen molar-refractivity contribution in [2.24, 2.45) is 0 Å². The molecule has 0 aliphatic heterocycles. The molecule has 0 spiro atoms. The number of likely N-dealkylation sites (N-methyl/N-ethyl adjacent to an activating group) is 4. The summed E-state index contributed by atoms with van der Waals surface area (Å²) in [5.41, 5.74) is 0.880. The fourth-order valence-corrected chi connectivity index (χ4v) is 3.57. The SMILES string of the molecule is CC#N.CN(C)CCN(C)CC[O-].CN(C)CCN(C)CC[O-].O=C([O-])c1ccccc1.O=C([O-])c1ccccc1.O=C([O-])c1ccccc1.O=C([O-])c1ccccc1.O=[N+]([O-])[O-].[Fe+5].[Fe+5].[Gd+3].[O-2]. The summed E-state index contributed by atoms with van der Waals surface area (Å²) >= 11 is 0. The molecule has 0 saturated carbocycles. The molecule has 23 heteroatoms. The first kappa shape index (κ1) is 79.6. The second-order valence-corrected chi connectivity index (χ2v) is 12.7. The van der Waals surface area contributed by atoms with Crippen LogP contribution in [0, 0.1) is 66.6 Å². The van der Waals surface area contributed by atoms with Crippen LogP contribution in [-0.4, -0.2) is 143 Å². The summed E-state index contributed by atoms with van der Waals surface area (Å²) in [7, 11) is 12.1. The Morgan fingerprint density at radius 2 is 0.642 bits per heavy atom.